The van der Waals surface area contributed by atoms with E-state index in [0.717, 1.165) is 17.1 Å². The van der Waals surface area contributed by atoms with Crippen LogP contribution in [0.25, 0.3) is 0 Å². The van der Waals surface area contributed by atoms with Crippen LogP contribution >= 0.6 is 11.8 Å². The Kier molecular flexibility index (Phi) is 3.29. The van der Waals surface area contributed by atoms with Gasteiger partial charge >= 0.3 is 0 Å². The first kappa shape index (κ1) is 11.7. The molecule has 2 aromatic rings. The Hall–Kier alpha value is -1.40. The summed E-state index contributed by atoms with van der Waals surface area (Å²) in [6.07, 6.45) is 4.21. The number of nitrogens with two attached hydrogens (primary N) is 1. The van der Waals surface area contributed by atoms with Crippen molar-refractivity contribution in [2.75, 3.05) is 11.5 Å². The minimum absolute atomic E-state index is 0.127. The third kappa shape index (κ3) is 2.39. The molecule has 6 heteroatoms. The Morgan fingerprint density at radius 1 is 1.44 bits per heavy atom. The van der Waals surface area contributed by atoms with Gasteiger partial charge in [0.1, 0.15) is 0 Å². The van der Waals surface area contributed by atoms with Crippen molar-refractivity contribution in [3.8, 4) is 0 Å². The Morgan fingerprint density at radius 2 is 2.39 bits per heavy atom. The van der Waals surface area contributed by atoms with Gasteiger partial charge in [0, 0.05) is 36.4 Å². The fourth-order valence-electron chi connectivity index (χ4n) is 2.00. The Morgan fingerprint density at radius 3 is 3.11 bits per heavy atom. The van der Waals surface area contributed by atoms with Gasteiger partial charge in [-0.15, -0.1) is 0 Å². The van der Waals surface area contributed by atoms with Crippen molar-refractivity contribution in [1.82, 2.24) is 15.1 Å². The molecule has 0 bridgehead atoms. The van der Waals surface area contributed by atoms with Crippen molar-refractivity contribution in [1.29, 1.82) is 0 Å². The van der Waals surface area contributed by atoms with Gasteiger partial charge in [0.05, 0.1) is 5.92 Å². The fraction of sp³-hybridized carbons (Fsp3) is 0.417. The zero-order chi connectivity index (χ0) is 12.4. The molecule has 1 aliphatic rings. The van der Waals surface area contributed by atoms with Gasteiger partial charge in [-0.25, -0.2) is 0 Å². The fourth-order valence-corrected chi connectivity index (χ4v) is 3.28. The molecule has 5 nitrogen and oxygen atoms in total. The summed E-state index contributed by atoms with van der Waals surface area (Å²) >= 11 is 1.84. The summed E-state index contributed by atoms with van der Waals surface area (Å²) in [5.41, 5.74) is 7.09. The predicted molar refractivity (Wildman–Crippen MR) is 69.4 cm³/mol. The molecule has 2 atom stereocenters. The van der Waals surface area contributed by atoms with Gasteiger partial charge in [0.15, 0.2) is 5.82 Å². The van der Waals surface area contributed by atoms with E-state index in [1.807, 2.05) is 30.1 Å². The average molecular weight is 262 g/mol. The van der Waals surface area contributed by atoms with Crippen LogP contribution in [0.5, 0.6) is 0 Å². The number of nitrogens with zero attached hydrogens (tertiary/aromatic N) is 3. The predicted octanol–water partition coefficient (Wildman–Crippen LogP) is 1.21. The number of pyridine rings is 1. The number of hydrogen-bond acceptors (Lipinski definition) is 6. The van der Waals surface area contributed by atoms with Crippen LogP contribution in [0.15, 0.2) is 29.0 Å². The van der Waals surface area contributed by atoms with Crippen LogP contribution in [0.4, 0.5) is 0 Å². The van der Waals surface area contributed by atoms with Crippen molar-refractivity contribution in [3.63, 3.8) is 0 Å². The molecule has 0 radical (unpaired) electrons. The first-order valence-electron chi connectivity index (χ1n) is 5.87. The van der Waals surface area contributed by atoms with Crippen molar-refractivity contribution in [3.05, 3.63) is 41.8 Å². The molecule has 3 rings (SSSR count). The summed E-state index contributed by atoms with van der Waals surface area (Å²) in [5, 5.41) is 4.01. The maximum atomic E-state index is 6.01. The van der Waals surface area contributed by atoms with E-state index in [0.29, 0.717) is 18.1 Å². The molecular formula is C12H14N4OS. The highest BCUT2D eigenvalue weighted by molar-refractivity contribution is 7.99. The summed E-state index contributed by atoms with van der Waals surface area (Å²) in [5.74, 6) is 3.50. The smallest absolute Gasteiger partial charge is 0.232 e. The van der Waals surface area contributed by atoms with Crippen LogP contribution in [0, 0.1) is 0 Å². The monoisotopic (exact) mass is 262 g/mol. The molecule has 94 valence electrons. The standard InChI is InChI=1S/C12H14N4OS/c13-10-7-18-6-9(10)12-15-11(16-17-12)4-8-2-1-3-14-5-8/h1-3,5,9-10H,4,6-7,13H2. The number of thioether (sulfide) groups is 1. The van der Waals surface area contributed by atoms with Crippen molar-refractivity contribution in [2.24, 2.45) is 5.73 Å². The number of aromatic nitrogens is 3. The third-order valence-electron chi connectivity index (χ3n) is 3.01. The van der Waals surface area contributed by atoms with Gasteiger partial charge in [-0.3, -0.25) is 4.98 Å². The number of rotatable bonds is 3. The second-order valence-electron chi connectivity index (χ2n) is 4.39. The molecule has 2 N–H and O–H groups in total. The molecule has 0 saturated carbocycles. The van der Waals surface area contributed by atoms with Gasteiger partial charge in [0.2, 0.25) is 5.89 Å². The lowest BCUT2D eigenvalue weighted by molar-refractivity contribution is 0.349. The summed E-state index contributed by atoms with van der Waals surface area (Å²) in [7, 11) is 0. The summed E-state index contributed by atoms with van der Waals surface area (Å²) < 4.78 is 5.32. The van der Waals surface area contributed by atoms with Gasteiger partial charge in [-0.05, 0) is 11.6 Å². The average Bonchev–Trinajstić information content (AvgIpc) is 2.99. The Labute approximate surface area is 109 Å². The van der Waals surface area contributed by atoms with Gasteiger partial charge in [-0.1, -0.05) is 11.2 Å². The van der Waals surface area contributed by atoms with E-state index >= 15 is 0 Å². The highest BCUT2D eigenvalue weighted by atomic mass is 32.2. The lowest BCUT2D eigenvalue weighted by atomic mass is 10.1. The molecule has 0 aromatic carbocycles. The van der Waals surface area contributed by atoms with E-state index < -0.39 is 0 Å². The van der Waals surface area contributed by atoms with Crippen LogP contribution < -0.4 is 5.73 Å². The first-order valence-corrected chi connectivity index (χ1v) is 7.03. The molecule has 1 saturated heterocycles. The Balaban J connectivity index is 1.74. The van der Waals surface area contributed by atoms with E-state index in [4.69, 9.17) is 10.3 Å². The lowest BCUT2D eigenvalue weighted by Crippen LogP contribution is -2.26. The molecule has 2 aromatic heterocycles. The SMILES string of the molecule is NC1CSCC1c1nc(Cc2cccnc2)no1. The zero-order valence-electron chi connectivity index (χ0n) is 9.82. The molecule has 1 fully saturated rings. The summed E-state index contributed by atoms with van der Waals surface area (Å²) in [4.78, 5) is 8.51. The summed E-state index contributed by atoms with van der Waals surface area (Å²) in [6, 6.07) is 4.03. The lowest BCUT2D eigenvalue weighted by Gasteiger charge is -2.07. The van der Waals surface area contributed by atoms with Gasteiger partial charge in [0.25, 0.3) is 0 Å². The van der Waals surface area contributed by atoms with E-state index in [1.54, 1.807) is 6.20 Å². The van der Waals surface area contributed by atoms with Crippen LogP contribution in [0.2, 0.25) is 0 Å². The third-order valence-corrected chi connectivity index (χ3v) is 4.23. The van der Waals surface area contributed by atoms with Crippen LogP contribution in [-0.2, 0) is 6.42 Å². The number of hydrogen-bond donors (Lipinski definition) is 1. The van der Waals surface area contributed by atoms with Crippen molar-refractivity contribution >= 4 is 11.8 Å². The minimum Gasteiger partial charge on any atom is -0.339 e. The summed E-state index contributed by atoms with van der Waals surface area (Å²) in [6.45, 7) is 0. The van der Waals surface area contributed by atoms with Crippen LogP contribution in [0.1, 0.15) is 23.2 Å². The van der Waals surface area contributed by atoms with Crippen molar-refractivity contribution < 1.29 is 4.52 Å². The molecule has 3 heterocycles. The van der Waals surface area contributed by atoms with Crippen molar-refractivity contribution in [2.45, 2.75) is 18.4 Å². The first-order chi connectivity index (χ1) is 8.83. The molecular weight excluding hydrogens is 248 g/mol. The highest BCUT2D eigenvalue weighted by Crippen LogP contribution is 2.30. The normalized spacial score (nSPS) is 23.4. The van der Waals surface area contributed by atoms with Gasteiger partial charge < -0.3 is 10.3 Å². The van der Waals surface area contributed by atoms with E-state index in [1.165, 1.54) is 0 Å². The van der Waals surface area contributed by atoms with E-state index in [9.17, 15) is 0 Å². The second kappa shape index (κ2) is 5.07. The van der Waals surface area contributed by atoms with E-state index in [-0.39, 0.29) is 12.0 Å². The van der Waals surface area contributed by atoms with Crippen LogP contribution in [0.3, 0.4) is 0 Å². The van der Waals surface area contributed by atoms with Gasteiger partial charge in [-0.2, -0.15) is 16.7 Å². The maximum absolute atomic E-state index is 6.01. The molecule has 0 aliphatic carbocycles. The second-order valence-corrected chi connectivity index (χ2v) is 5.47. The zero-order valence-corrected chi connectivity index (χ0v) is 10.6. The molecule has 0 amide bonds. The molecule has 2 unspecified atom stereocenters. The minimum atomic E-state index is 0.127. The van der Waals surface area contributed by atoms with Crippen LogP contribution in [-0.4, -0.2) is 32.7 Å². The molecule has 1 aliphatic heterocycles. The quantitative estimate of drug-likeness (QED) is 0.896. The topological polar surface area (TPSA) is 77.8 Å². The largest absolute Gasteiger partial charge is 0.339 e. The van der Waals surface area contributed by atoms with E-state index in [2.05, 4.69) is 15.1 Å². The Bertz CT molecular complexity index is 516. The molecule has 0 spiro atoms. The maximum Gasteiger partial charge on any atom is 0.232 e. The highest BCUT2D eigenvalue weighted by Gasteiger charge is 2.30. The molecule has 18 heavy (non-hydrogen) atoms.